The van der Waals surface area contributed by atoms with E-state index in [0.717, 1.165) is 22.0 Å². The molecule has 4 nitrogen and oxygen atoms in total. The van der Waals surface area contributed by atoms with Crippen molar-refractivity contribution < 1.29 is 9.59 Å². The van der Waals surface area contributed by atoms with Crippen LogP contribution in [0.25, 0.3) is 0 Å². The molecule has 2 fully saturated rings. The van der Waals surface area contributed by atoms with Crippen molar-refractivity contribution in [2.24, 2.45) is 0 Å². The van der Waals surface area contributed by atoms with Gasteiger partial charge in [-0.2, -0.15) is 0 Å². The van der Waals surface area contributed by atoms with Gasteiger partial charge in [0.1, 0.15) is 5.54 Å². The van der Waals surface area contributed by atoms with Gasteiger partial charge in [-0.05, 0) is 55.2 Å². The number of rotatable bonds is 3. The van der Waals surface area contributed by atoms with Gasteiger partial charge in [0, 0.05) is 27.5 Å². The predicted octanol–water partition coefficient (Wildman–Crippen LogP) is 5.61. The summed E-state index contributed by atoms with van der Waals surface area (Å²) in [5, 5.41) is 0.874. The van der Waals surface area contributed by atoms with E-state index in [1.165, 1.54) is 4.90 Å². The Bertz CT molecular complexity index is 924. The van der Waals surface area contributed by atoms with Crippen LogP contribution >= 0.6 is 39.1 Å². The third-order valence-corrected chi connectivity index (χ3v) is 6.76. The average Bonchev–Trinajstić information content (AvgIpc) is 3.13. The van der Waals surface area contributed by atoms with E-state index in [1.54, 1.807) is 24.0 Å². The molecular weight excluding hydrogens is 451 g/mol. The van der Waals surface area contributed by atoms with Gasteiger partial charge in [0.05, 0.1) is 5.69 Å². The van der Waals surface area contributed by atoms with Gasteiger partial charge in [-0.1, -0.05) is 51.3 Å². The van der Waals surface area contributed by atoms with E-state index < -0.39 is 5.54 Å². The minimum atomic E-state index is -0.839. The summed E-state index contributed by atoms with van der Waals surface area (Å²) in [4.78, 5) is 29.5. The number of hydrogen-bond acceptors (Lipinski definition) is 2. The number of imide groups is 1. The second-order valence-corrected chi connectivity index (χ2v) is 8.78. The number of fused-ring (bicyclic) bond motifs is 1. The molecule has 0 aromatic heterocycles. The van der Waals surface area contributed by atoms with Crippen LogP contribution in [0.5, 0.6) is 0 Å². The highest BCUT2D eigenvalue weighted by molar-refractivity contribution is 9.10. The largest absolute Gasteiger partial charge is 0.332 e. The van der Waals surface area contributed by atoms with Crippen LogP contribution in [0.3, 0.4) is 0 Å². The minimum Gasteiger partial charge on any atom is -0.309 e. The smallest absolute Gasteiger partial charge is 0.309 e. The van der Waals surface area contributed by atoms with Crippen LogP contribution in [0.15, 0.2) is 40.9 Å². The number of amides is 3. The van der Waals surface area contributed by atoms with Crippen LogP contribution in [-0.4, -0.2) is 28.9 Å². The normalized spacial score (nSPS) is 21.9. The molecule has 0 bridgehead atoms. The van der Waals surface area contributed by atoms with E-state index in [-0.39, 0.29) is 11.9 Å². The lowest BCUT2D eigenvalue weighted by Crippen LogP contribution is -2.47. The first-order chi connectivity index (χ1) is 12.8. The van der Waals surface area contributed by atoms with E-state index >= 15 is 0 Å². The summed E-state index contributed by atoms with van der Waals surface area (Å²) in [5.74, 6) is -0.205. The zero-order valence-electron chi connectivity index (χ0n) is 14.6. The van der Waals surface area contributed by atoms with Gasteiger partial charge in [-0.15, -0.1) is 0 Å². The maximum atomic E-state index is 13.5. The van der Waals surface area contributed by atoms with Gasteiger partial charge in [0.15, 0.2) is 0 Å². The lowest BCUT2D eigenvalue weighted by molar-refractivity contribution is -0.123. The van der Waals surface area contributed by atoms with Crippen molar-refractivity contribution in [3.05, 3.63) is 62.0 Å². The Morgan fingerprint density at radius 1 is 1.11 bits per heavy atom. The van der Waals surface area contributed by atoms with E-state index in [2.05, 4.69) is 15.9 Å². The third-order valence-electron chi connectivity index (χ3n) is 5.45. The summed E-state index contributed by atoms with van der Waals surface area (Å²) >= 11 is 15.9. The Morgan fingerprint density at radius 3 is 2.37 bits per heavy atom. The Labute approximate surface area is 176 Å². The topological polar surface area (TPSA) is 40.6 Å². The molecule has 4 rings (SSSR count). The van der Waals surface area contributed by atoms with E-state index in [4.69, 9.17) is 23.2 Å². The highest BCUT2D eigenvalue weighted by Gasteiger charge is 2.59. The molecule has 2 aromatic carbocycles. The summed E-state index contributed by atoms with van der Waals surface area (Å²) in [7, 11) is 0. The number of nitrogens with zero attached hydrogens (tertiary/aromatic N) is 2. The molecule has 2 aromatic rings. The molecule has 2 aliphatic rings. The van der Waals surface area contributed by atoms with Crippen molar-refractivity contribution in [2.75, 3.05) is 11.4 Å². The quantitative estimate of drug-likeness (QED) is 0.550. The van der Waals surface area contributed by atoms with Gasteiger partial charge in [0.2, 0.25) is 0 Å². The van der Waals surface area contributed by atoms with Crippen molar-refractivity contribution in [1.82, 2.24) is 4.90 Å². The van der Waals surface area contributed by atoms with Gasteiger partial charge in [-0.25, -0.2) is 9.69 Å². The first-order valence-electron chi connectivity index (χ1n) is 8.70. The predicted molar refractivity (Wildman–Crippen MR) is 111 cm³/mol. The Morgan fingerprint density at radius 2 is 1.74 bits per heavy atom. The fourth-order valence-corrected chi connectivity index (χ4v) is 4.72. The van der Waals surface area contributed by atoms with Crippen LogP contribution in [0.4, 0.5) is 10.5 Å². The number of benzene rings is 2. The first-order valence-corrected chi connectivity index (χ1v) is 10.2. The summed E-state index contributed by atoms with van der Waals surface area (Å²) in [5.41, 5.74) is 1.34. The molecule has 1 atom stereocenters. The molecular formula is C20H17BrCl2N2O2. The maximum Gasteiger partial charge on any atom is 0.332 e. The van der Waals surface area contributed by atoms with Crippen LogP contribution < -0.4 is 4.90 Å². The average molecular weight is 468 g/mol. The minimum absolute atomic E-state index is 0.205. The van der Waals surface area contributed by atoms with Gasteiger partial charge < -0.3 is 4.90 Å². The second-order valence-electron chi connectivity index (χ2n) is 7.05. The number of carbonyl (C=O) groups is 2. The van der Waals surface area contributed by atoms with Crippen molar-refractivity contribution in [1.29, 1.82) is 0 Å². The van der Waals surface area contributed by atoms with Crippen molar-refractivity contribution in [2.45, 2.75) is 31.7 Å². The zero-order chi connectivity index (χ0) is 19.3. The molecule has 0 aliphatic carbocycles. The highest BCUT2D eigenvalue weighted by atomic mass is 79.9. The molecule has 0 radical (unpaired) electrons. The number of halogens is 3. The standard InChI is InChI=1S/C20H17BrCl2N2O2/c1-12-16(22)9-15(10-17(12)23)25-18(26)20(7-2-8-24(20)19(25)27)11-13-3-5-14(21)6-4-13/h3-6,9-10H,2,7-8,11H2,1H3. The molecule has 7 heteroatoms. The summed E-state index contributed by atoms with van der Waals surface area (Å²) in [6.45, 7) is 2.38. The van der Waals surface area contributed by atoms with Crippen LogP contribution in [0.2, 0.25) is 10.0 Å². The summed E-state index contributed by atoms with van der Waals surface area (Å²) in [6.07, 6.45) is 1.96. The fourth-order valence-electron chi connectivity index (χ4n) is 3.98. The number of hydrogen-bond donors (Lipinski definition) is 0. The first kappa shape index (κ1) is 18.8. The Balaban J connectivity index is 1.74. The van der Waals surface area contributed by atoms with Crippen LogP contribution in [-0.2, 0) is 11.2 Å². The van der Waals surface area contributed by atoms with Crippen molar-refractivity contribution >= 4 is 56.8 Å². The van der Waals surface area contributed by atoms with Gasteiger partial charge in [-0.3, -0.25) is 4.79 Å². The summed E-state index contributed by atoms with van der Waals surface area (Å²) < 4.78 is 0.978. The van der Waals surface area contributed by atoms with E-state index in [9.17, 15) is 9.59 Å². The second kappa shape index (κ2) is 6.80. The van der Waals surface area contributed by atoms with E-state index in [0.29, 0.717) is 35.1 Å². The monoisotopic (exact) mass is 466 g/mol. The number of urea groups is 1. The van der Waals surface area contributed by atoms with E-state index in [1.807, 2.05) is 24.3 Å². The molecule has 27 heavy (non-hydrogen) atoms. The molecule has 3 amide bonds. The van der Waals surface area contributed by atoms with Gasteiger partial charge in [0.25, 0.3) is 5.91 Å². The molecule has 2 heterocycles. The Kier molecular flexibility index (Phi) is 4.73. The molecule has 2 saturated heterocycles. The number of anilines is 1. The van der Waals surface area contributed by atoms with Gasteiger partial charge >= 0.3 is 6.03 Å². The Hall–Kier alpha value is -1.56. The molecule has 0 N–H and O–H groups in total. The molecule has 0 saturated carbocycles. The lowest BCUT2D eigenvalue weighted by atomic mass is 9.88. The van der Waals surface area contributed by atoms with Crippen LogP contribution in [0, 0.1) is 6.92 Å². The van der Waals surface area contributed by atoms with Crippen LogP contribution in [0.1, 0.15) is 24.0 Å². The highest BCUT2D eigenvalue weighted by Crippen LogP contribution is 2.43. The maximum absolute atomic E-state index is 13.5. The lowest BCUT2D eigenvalue weighted by Gasteiger charge is -2.28. The molecule has 0 spiro atoms. The molecule has 1 unspecified atom stereocenters. The summed E-state index contributed by atoms with van der Waals surface area (Å²) in [6, 6.07) is 10.8. The number of carbonyl (C=O) groups excluding carboxylic acids is 2. The SMILES string of the molecule is Cc1c(Cl)cc(N2C(=O)N3CCCC3(Cc3ccc(Br)cc3)C2=O)cc1Cl. The molecule has 2 aliphatic heterocycles. The van der Waals surface area contributed by atoms with Crippen molar-refractivity contribution in [3.8, 4) is 0 Å². The zero-order valence-corrected chi connectivity index (χ0v) is 17.7. The third kappa shape index (κ3) is 2.96. The fraction of sp³-hybridized carbons (Fsp3) is 0.300. The van der Waals surface area contributed by atoms with Crippen molar-refractivity contribution in [3.63, 3.8) is 0 Å². The molecule has 140 valence electrons.